The number of benzene rings is 1. The Morgan fingerprint density at radius 2 is 1.68 bits per heavy atom. The molecule has 2 N–H and O–H groups in total. The molecule has 0 amide bonds. The smallest absolute Gasteiger partial charge is 0.273 e. The Hall–Kier alpha value is -1.78. The highest BCUT2D eigenvalue weighted by Crippen LogP contribution is 2.24. The summed E-state index contributed by atoms with van der Waals surface area (Å²) in [5, 5.41) is 17.3. The van der Waals surface area contributed by atoms with Gasteiger partial charge in [0.25, 0.3) is 5.69 Å². The van der Waals surface area contributed by atoms with Crippen LogP contribution in [0, 0.1) is 16.0 Å². The molecule has 1 rings (SSSR count). The first kappa shape index (κ1) is 15.3. The van der Waals surface area contributed by atoms with Crippen LogP contribution < -0.4 is 10.6 Å². The summed E-state index contributed by atoms with van der Waals surface area (Å²) in [6.07, 6.45) is 2.22. The number of nitro groups is 1. The zero-order valence-corrected chi connectivity index (χ0v) is 11.9. The number of non-ortho nitro benzene ring substituents is 1. The van der Waals surface area contributed by atoms with Crippen LogP contribution in [0.2, 0.25) is 0 Å². The van der Waals surface area contributed by atoms with Crippen molar-refractivity contribution in [3.8, 4) is 0 Å². The topological polar surface area (TPSA) is 67.2 Å². The zero-order chi connectivity index (χ0) is 14.3. The van der Waals surface area contributed by atoms with Gasteiger partial charge in [-0.25, -0.2) is 0 Å². The van der Waals surface area contributed by atoms with E-state index in [0.29, 0.717) is 5.92 Å². The highest BCUT2D eigenvalue weighted by atomic mass is 16.6. The highest BCUT2D eigenvalue weighted by molar-refractivity contribution is 5.63. The van der Waals surface area contributed by atoms with E-state index in [9.17, 15) is 10.1 Å². The van der Waals surface area contributed by atoms with Crippen LogP contribution in [0.1, 0.15) is 33.6 Å². The summed E-state index contributed by atoms with van der Waals surface area (Å²) in [5.41, 5.74) is 1.70. The summed E-state index contributed by atoms with van der Waals surface area (Å²) in [6, 6.07) is 5.06. The minimum Gasteiger partial charge on any atom is -0.385 e. The molecule has 5 nitrogen and oxygen atoms in total. The van der Waals surface area contributed by atoms with Gasteiger partial charge in [0.1, 0.15) is 0 Å². The lowest BCUT2D eigenvalue weighted by Gasteiger charge is -2.15. The fourth-order valence-electron chi connectivity index (χ4n) is 1.96. The molecule has 19 heavy (non-hydrogen) atoms. The van der Waals surface area contributed by atoms with Crippen molar-refractivity contribution in [1.82, 2.24) is 0 Å². The Balaban J connectivity index is 2.83. The number of nitrogens with zero attached hydrogens (tertiary/aromatic N) is 1. The van der Waals surface area contributed by atoms with Gasteiger partial charge < -0.3 is 10.6 Å². The Morgan fingerprint density at radius 3 is 2.16 bits per heavy atom. The molecule has 0 unspecified atom stereocenters. The Bertz CT molecular complexity index is 417. The second-order valence-corrected chi connectivity index (χ2v) is 4.62. The van der Waals surface area contributed by atoms with Crippen molar-refractivity contribution in [2.45, 2.75) is 33.6 Å². The van der Waals surface area contributed by atoms with E-state index in [2.05, 4.69) is 24.5 Å². The Kier molecular flexibility index (Phi) is 6.12. The van der Waals surface area contributed by atoms with E-state index in [0.717, 1.165) is 37.3 Å². The van der Waals surface area contributed by atoms with Crippen molar-refractivity contribution in [1.29, 1.82) is 0 Å². The van der Waals surface area contributed by atoms with Crippen molar-refractivity contribution < 1.29 is 4.92 Å². The number of rotatable bonds is 8. The van der Waals surface area contributed by atoms with E-state index in [-0.39, 0.29) is 10.6 Å². The molecule has 0 spiro atoms. The summed E-state index contributed by atoms with van der Waals surface area (Å²) in [7, 11) is 0. The monoisotopic (exact) mass is 265 g/mol. The van der Waals surface area contributed by atoms with Crippen LogP contribution in [0.5, 0.6) is 0 Å². The van der Waals surface area contributed by atoms with E-state index in [1.807, 2.05) is 13.0 Å². The van der Waals surface area contributed by atoms with Gasteiger partial charge in [-0.2, -0.15) is 0 Å². The lowest BCUT2D eigenvalue weighted by molar-refractivity contribution is -0.384. The minimum atomic E-state index is -0.358. The van der Waals surface area contributed by atoms with Crippen molar-refractivity contribution in [3.63, 3.8) is 0 Å². The van der Waals surface area contributed by atoms with Crippen LogP contribution in [0.25, 0.3) is 0 Å². The van der Waals surface area contributed by atoms with Crippen molar-refractivity contribution >= 4 is 17.1 Å². The quantitative estimate of drug-likeness (QED) is 0.553. The van der Waals surface area contributed by atoms with Gasteiger partial charge >= 0.3 is 0 Å². The molecule has 0 aromatic heterocycles. The normalized spacial score (nSPS) is 10.5. The van der Waals surface area contributed by atoms with E-state index >= 15 is 0 Å². The number of hydrogen-bond donors (Lipinski definition) is 2. The molecule has 0 atom stereocenters. The third kappa shape index (κ3) is 4.77. The van der Waals surface area contributed by atoms with Gasteiger partial charge in [-0.1, -0.05) is 26.7 Å². The molecule has 1 aromatic rings. The molecule has 0 bridgehead atoms. The lowest BCUT2D eigenvalue weighted by atomic mass is 10.0. The molecule has 0 saturated heterocycles. The molecule has 0 aliphatic heterocycles. The third-order valence-electron chi connectivity index (χ3n) is 3.26. The van der Waals surface area contributed by atoms with Gasteiger partial charge in [-0.15, -0.1) is 0 Å². The summed E-state index contributed by atoms with van der Waals surface area (Å²) in [5.74, 6) is 0.599. The molecule has 0 heterocycles. The van der Waals surface area contributed by atoms with E-state index in [1.54, 1.807) is 12.1 Å². The first-order chi connectivity index (χ1) is 9.10. The van der Waals surface area contributed by atoms with Crippen molar-refractivity contribution in [3.05, 3.63) is 28.3 Å². The maximum atomic E-state index is 10.9. The molecular formula is C14H23N3O2. The maximum absolute atomic E-state index is 10.9. The van der Waals surface area contributed by atoms with Gasteiger partial charge in [0.15, 0.2) is 0 Å². The van der Waals surface area contributed by atoms with Gasteiger partial charge in [-0.3, -0.25) is 10.1 Å². The maximum Gasteiger partial charge on any atom is 0.273 e. The van der Waals surface area contributed by atoms with E-state index < -0.39 is 0 Å². The molecular weight excluding hydrogens is 242 g/mol. The average molecular weight is 265 g/mol. The van der Waals surface area contributed by atoms with Crippen LogP contribution in [0.3, 0.4) is 0 Å². The van der Waals surface area contributed by atoms with Crippen LogP contribution in [0.4, 0.5) is 17.1 Å². The molecule has 106 valence electrons. The number of nitrogens with one attached hydrogen (secondary N) is 2. The summed E-state index contributed by atoms with van der Waals surface area (Å²) < 4.78 is 0. The predicted molar refractivity (Wildman–Crippen MR) is 79.8 cm³/mol. The van der Waals surface area contributed by atoms with Gasteiger partial charge in [0.2, 0.25) is 0 Å². The SMILES string of the molecule is CCNc1cc(NCC(CC)CC)cc([N+](=O)[O-])c1. The summed E-state index contributed by atoms with van der Waals surface area (Å²) in [4.78, 5) is 10.6. The molecule has 5 heteroatoms. The predicted octanol–water partition coefficient (Wildman–Crippen LogP) is 3.87. The fraction of sp³-hybridized carbons (Fsp3) is 0.571. The molecule has 1 aromatic carbocycles. The van der Waals surface area contributed by atoms with Crippen LogP contribution in [-0.4, -0.2) is 18.0 Å². The average Bonchev–Trinajstić information content (AvgIpc) is 2.40. The van der Waals surface area contributed by atoms with Gasteiger partial charge in [0, 0.05) is 36.6 Å². The standard InChI is InChI=1S/C14H23N3O2/c1-4-11(5-2)10-16-13-7-12(15-6-3)8-14(9-13)17(18)19/h7-9,11,15-16H,4-6,10H2,1-3H3. The fourth-order valence-corrected chi connectivity index (χ4v) is 1.96. The first-order valence-corrected chi connectivity index (χ1v) is 6.87. The third-order valence-corrected chi connectivity index (χ3v) is 3.26. The second kappa shape index (κ2) is 7.61. The second-order valence-electron chi connectivity index (χ2n) is 4.62. The van der Waals surface area contributed by atoms with Crippen LogP contribution >= 0.6 is 0 Å². The Morgan fingerprint density at radius 1 is 1.11 bits per heavy atom. The summed E-state index contributed by atoms with van der Waals surface area (Å²) in [6.45, 7) is 7.88. The molecule has 0 saturated carbocycles. The number of nitro benzene ring substituents is 1. The van der Waals surface area contributed by atoms with Gasteiger partial charge in [-0.05, 0) is 18.9 Å². The minimum absolute atomic E-state index is 0.116. The zero-order valence-electron chi connectivity index (χ0n) is 11.9. The molecule has 0 aliphatic rings. The largest absolute Gasteiger partial charge is 0.385 e. The highest BCUT2D eigenvalue weighted by Gasteiger charge is 2.10. The number of anilines is 2. The van der Waals surface area contributed by atoms with Crippen LogP contribution in [-0.2, 0) is 0 Å². The van der Waals surface area contributed by atoms with Crippen molar-refractivity contribution in [2.75, 3.05) is 23.7 Å². The molecule has 0 radical (unpaired) electrons. The van der Waals surface area contributed by atoms with Crippen molar-refractivity contribution in [2.24, 2.45) is 5.92 Å². The lowest BCUT2D eigenvalue weighted by Crippen LogP contribution is -2.13. The molecule has 0 aliphatic carbocycles. The van der Waals surface area contributed by atoms with E-state index in [4.69, 9.17) is 0 Å². The first-order valence-electron chi connectivity index (χ1n) is 6.87. The molecule has 0 fully saturated rings. The summed E-state index contributed by atoms with van der Waals surface area (Å²) >= 11 is 0. The van der Waals surface area contributed by atoms with Crippen LogP contribution in [0.15, 0.2) is 18.2 Å². The van der Waals surface area contributed by atoms with Gasteiger partial charge in [0.05, 0.1) is 4.92 Å². The van der Waals surface area contributed by atoms with E-state index in [1.165, 1.54) is 0 Å². The Labute approximate surface area is 114 Å². The number of hydrogen-bond acceptors (Lipinski definition) is 4.